The number of nitrogens with one attached hydrogen (secondary N) is 1. The highest BCUT2D eigenvalue weighted by Crippen LogP contribution is 2.24. The van der Waals surface area contributed by atoms with Crippen LogP contribution in [0.1, 0.15) is 19.8 Å². The first-order valence-corrected chi connectivity index (χ1v) is 4.81. The predicted molar refractivity (Wildman–Crippen MR) is 54.8 cm³/mol. The van der Waals surface area contributed by atoms with Crippen LogP contribution in [0.15, 0.2) is 18.2 Å². The van der Waals surface area contributed by atoms with Crippen LogP contribution in [0.4, 0.5) is 10.1 Å². The molecule has 0 radical (unpaired) electrons. The summed E-state index contributed by atoms with van der Waals surface area (Å²) in [5.41, 5.74) is 0.414. The van der Waals surface area contributed by atoms with E-state index in [2.05, 4.69) is 12.2 Å². The standard InChI is InChI=1S/C10H13ClFN/c1-2-3-7-13-10-8(11)5-4-6-9(10)12/h4-6,13H,2-3,7H2,1H3. The van der Waals surface area contributed by atoms with Gasteiger partial charge in [0.15, 0.2) is 0 Å². The summed E-state index contributed by atoms with van der Waals surface area (Å²) in [6.45, 7) is 2.85. The first kappa shape index (κ1) is 10.3. The van der Waals surface area contributed by atoms with Crippen molar-refractivity contribution in [1.82, 2.24) is 0 Å². The van der Waals surface area contributed by atoms with Crippen molar-refractivity contribution in [2.75, 3.05) is 11.9 Å². The van der Waals surface area contributed by atoms with Crippen molar-refractivity contribution in [2.45, 2.75) is 19.8 Å². The van der Waals surface area contributed by atoms with E-state index in [4.69, 9.17) is 11.6 Å². The number of hydrogen-bond donors (Lipinski definition) is 1. The van der Waals surface area contributed by atoms with Crippen LogP contribution in [-0.4, -0.2) is 6.54 Å². The van der Waals surface area contributed by atoms with Gasteiger partial charge in [0.25, 0.3) is 0 Å². The quantitative estimate of drug-likeness (QED) is 0.733. The van der Waals surface area contributed by atoms with E-state index in [9.17, 15) is 4.39 Å². The molecule has 0 amide bonds. The van der Waals surface area contributed by atoms with Crippen molar-refractivity contribution < 1.29 is 4.39 Å². The van der Waals surface area contributed by atoms with Gasteiger partial charge in [-0.25, -0.2) is 4.39 Å². The molecule has 1 aromatic rings. The van der Waals surface area contributed by atoms with Gasteiger partial charge in [0, 0.05) is 6.54 Å². The van der Waals surface area contributed by atoms with Crippen molar-refractivity contribution in [3.05, 3.63) is 29.0 Å². The Labute approximate surface area is 82.9 Å². The van der Waals surface area contributed by atoms with E-state index in [1.807, 2.05) is 0 Å². The molecule has 0 aliphatic rings. The minimum Gasteiger partial charge on any atom is -0.381 e. The first-order valence-electron chi connectivity index (χ1n) is 4.43. The number of para-hydroxylation sites is 1. The molecule has 1 rings (SSSR count). The molecule has 0 heterocycles. The minimum atomic E-state index is -0.288. The molecule has 0 fully saturated rings. The van der Waals surface area contributed by atoms with Crippen molar-refractivity contribution >= 4 is 17.3 Å². The zero-order valence-corrected chi connectivity index (χ0v) is 8.37. The van der Waals surface area contributed by atoms with Crippen LogP contribution in [0.5, 0.6) is 0 Å². The van der Waals surface area contributed by atoms with Crippen LogP contribution < -0.4 is 5.32 Å². The van der Waals surface area contributed by atoms with E-state index < -0.39 is 0 Å². The molecule has 0 saturated carbocycles. The number of unbranched alkanes of at least 4 members (excludes halogenated alkanes) is 1. The average molecular weight is 202 g/mol. The summed E-state index contributed by atoms with van der Waals surface area (Å²) in [5, 5.41) is 3.42. The van der Waals surface area contributed by atoms with E-state index in [1.165, 1.54) is 6.07 Å². The van der Waals surface area contributed by atoms with E-state index >= 15 is 0 Å². The molecule has 3 heteroatoms. The lowest BCUT2D eigenvalue weighted by Gasteiger charge is -2.07. The van der Waals surface area contributed by atoms with Crippen LogP contribution in [-0.2, 0) is 0 Å². The van der Waals surface area contributed by atoms with Crippen LogP contribution in [0.25, 0.3) is 0 Å². The molecule has 0 atom stereocenters. The largest absolute Gasteiger partial charge is 0.381 e. The van der Waals surface area contributed by atoms with E-state index in [0.717, 1.165) is 19.4 Å². The molecule has 0 aromatic heterocycles. The Morgan fingerprint density at radius 3 is 2.85 bits per heavy atom. The second-order valence-corrected chi connectivity index (χ2v) is 3.28. The number of benzene rings is 1. The van der Waals surface area contributed by atoms with E-state index in [1.54, 1.807) is 12.1 Å². The number of halogens is 2. The highest BCUT2D eigenvalue weighted by atomic mass is 35.5. The van der Waals surface area contributed by atoms with Crippen molar-refractivity contribution in [3.8, 4) is 0 Å². The van der Waals surface area contributed by atoms with Crippen molar-refractivity contribution in [2.24, 2.45) is 0 Å². The van der Waals surface area contributed by atoms with Gasteiger partial charge in [0.1, 0.15) is 5.82 Å². The first-order chi connectivity index (χ1) is 6.25. The molecule has 0 unspecified atom stereocenters. The molecule has 0 saturated heterocycles. The summed E-state index contributed by atoms with van der Waals surface area (Å²) in [4.78, 5) is 0. The van der Waals surface area contributed by atoms with Crippen molar-refractivity contribution in [1.29, 1.82) is 0 Å². The summed E-state index contributed by atoms with van der Waals surface area (Å²) in [6.07, 6.45) is 2.10. The van der Waals surface area contributed by atoms with E-state index in [-0.39, 0.29) is 5.82 Å². The highest BCUT2D eigenvalue weighted by molar-refractivity contribution is 6.33. The third-order valence-corrected chi connectivity index (χ3v) is 2.11. The van der Waals surface area contributed by atoms with Gasteiger partial charge >= 0.3 is 0 Å². The lowest BCUT2D eigenvalue weighted by molar-refractivity contribution is 0.629. The normalized spacial score (nSPS) is 10.1. The third-order valence-electron chi connectivity index (χ3n) is 1.79. The third kappa shape index (κ3) is 2.88. The molecule has 1 aromatic carbocycles. The lowest BCUT2D eigenvalue weighted by atomic mass is 10.3. The summed E-state index contributed by atoms with van der Waals surface area (Å²) in [6, 6.07) is 4.68. The zero-order chi connectivity index (χ0) is 9.68. The molecule has 72 valence electrons. The molecule has 1 N–H and O–H groups in total. The van der Waals surface area contributed by atoms with Gasteiger partial charge < -0.3 is 5.32 Å². The second kappa shape index (κ2) is 5.07. The molecule has 0 bridgehead atoms. The van der Waals surface area contributed by atoms with E-state index in [0.29, 0.717) is 10.7 Å². The Balaban J connectivity index is 2.64. The molecule has 0 aliphatic heterocycles. The SMILES string of the molecule is CCCCNc1c(F)cccc1Cl. The number of anilines is 1. The summed E-state index contributed by atoms with van der Waals surface area (Å²) in [7, 11) is 0. The average Bonchev–Trinajstić information content (AvgIpc) is 2.10. The number of hydrogen-bond acceptors (Lipinski definition) is 1. The fourth-order valence-corrected chi connectivity index (χ4v) is 1.29. The summed E-state index contributed by atoms with van der Waals surface area (Å²) in [5.74, 6) is -0.288. The van der Waals surface area contributed by atoms with Crippen LogP contribution >= 0.6 is 11.6 Å². The molecule has 1 nitrogen and oxygen atoms in total. The van der Waals surface area contributed by atoms with Crippen molar-refractivity contribution in [3.63, 3.8) is 0 Å². The minimum absolute atomic E-state index is 0.288. The number of rotatable bonds is 4. The topological polar surface area (TPSA) is 12.0 Å². The van der Waals surface area contributed by atoms with Gasteiger partial charge in [-0.2, -0.15) is 0 Å². The maximum absolute atomic E-state index is 13.1. The van der Waals surface area contributed by atoms with Crippen LogP contribution in [0, 0.1) is 5.82 Å². The second-order valence-electron chi connectivity index (χ2n) is 2.88. The highest BCUT2D eigenvalue weighted by Gasteiger charge is 2.04. The van der Waals surface area contributed by atoms with Gasteiger partial charge in [0.2, 0.25) is 0 Å². The van der Waals surface area contributed by atoms with Gasteiger partial charge in [-0.05, 0) is 18.6 Å². The Bertz CT molecular complexity index is 255. The Morgan fingerprint density at radius 1 is 1.46 bits per heavy atom. The zero-order valence-electron chi connectivity index (χ0n) is 7.61. The fraction of sp³-hybridized carbons (Fsp3) is 0.400. The maximum atomic E-state index is 13.1. The fourth-order valence-electron chi connectivity index (χ4n) is 1.06. The Morgan fingerprint density at radius 2 is 2.23 bits per heavy atom. The maximum Gasteiger partial charge on any atom is 0.147 e. The monoisotopic (exact) mass is 201 g/mol. The molecule has 0 spiro atoms. The lowest BCUT2D eigenvalue weighted by Crippen LogP contribution is -2.03. The van der Waals surface area contributed by atoms with Crippen LogP contribution in [0.2, 0.25) is 5.02 Å². The van der Waals surface area contributed by atoms with Crippen LogP contribution in [0.3, 0.4) is 0 Å². The molecular weight excluding hydrogens is 189 g/mol. The summed E-state index contributed by atoms with van der Waals surface area (Å²) < 4.78 is 13.1. The smallest absolute Gasteiger partial charge is 0.147 e. The molecule has 13 heavy (non-hydrogen) atoms. The van der Waals surface area contributed by atoms with Gasteiger partial charge in [-0.1, -0.05) is 31.0 Å². The predicted octanol–water partition coefficient (Wildman–Crippen LogP) is 3.69. The van der Waals surface area contributed by atoms with Gasteiger partial charge in [-0.15, -0.1) is 0 Å². The molecule has 0 aliphatic carbocycles. The molecular formula is C10H13ClFN. The Kier molecular flexibility index (Phi) is 4.03. The summed E-state index contributed by atoms with van der Waals surface area (Å²) >= 11 is 5.81. The van der Waals surface area contributed by atoms with Gasteiger partial charge in [0.05, 0.1) is 10.7 Å². The van der Waals surface area contributed by atoms with Gasteiger partial charge in [-0.3, -0.25) is 0 Å². The Hall–Kier alpha value is -0.760.